The van der Waals surface area contributed by atoms with Gasteiger partial charge in [0.15, 0.2) is 18.1 Å². The standard InChI is InChI=1S/C25H25NO5/c1-29-22-13-10-19(14-23(22)30-2)16-26-24(27)17-31-25(28)15-18-8-11-21(12-9-18)20-6-4-3-5-7-20/h3-14H,15-17H2,1-2H3,(H,26,27). The monoisotopic (exact) mass is 419 g/mol. The fraction of sp³-hybridized carbons (Fsp3) is 0.200. The molecule has 1 N–H and O–H groups in total. The third-order valence-corrected chi connectivity index (χ3v) is 4.71. The lowest BCUT2D eigenvalue weighted by Crippen LogP contribution is -2.28. The molecule has 3 aromatic carbocycles. The van der Waals surface area contributed by atoms with Crippen LogP contribution in [0.3, 0.4) is 0 Å². The summed E-state index contributed by atoms with van der Waals surface area (Å²) in [6, 6.07) is 23.1. The molecule has 0 unspecified atom stereocenters. The highest BCUT2D eigenvalue weighted by atomic mass is 16.5. The van der Waals surface area contributed by atoms with Crippen molar-refractivity contribution < 1.29 is 23.8 Å². The molecule has 0 fully saturated rings. The first-order valence-electron chi connectivity index (χ1n) is 9.86. The number of hydrogen-bond donors (Lipinski definition) is 1. The Labute approximate surface area is 181 Å². The first-order valence-corrected chi connectivity index (χ1v) is 9.86. The summed E-state index contributed by atoms with van der Waals surface area (Å²) < 4.78 is 15.5. The highest BCUT2D eigenvalue weighted by Gasteiger charge is 2.10. The molecule has 0 aromatic heterocycles. The SMILES string of the molecule is COc1ccc(CNC(=O)COC(=O)Cc2ccc(-c3ccccc3)cc2)cc1OC. The van der Waals surface area contributed by atoms with Crippen LogP contribution in [0, 0.1) is 0 Å². The van der Waals surface area contributed by atoms with Gasteiger partial charge in [0.1, 0.15) is 0 Å². The zero-order valence-electron chi connectivity index (χ0n) is 17.6. The zero-order chi connectivity index (χ0) is 22.1. The average molecular weight is 419 g/mol. The van der Waals surface area contributed by atoms with Gasteiger partial charge in [-0.2, -0.15) is 0 Å². The number of carbonyl (C=O) groups excluding carboxylic acids is 2. The Balaban J connectivity index is 1.43. The molecule has 1 amide bonds. The van der Waals surface area contributed by atoms with Crippen molar-refractivity contribution in [3.8, 4) is 22.6 Å². The maximum absolute atomic E-state index is 12.1. The first-order chi connectivity index (χ1) is 15.1. The van der Waals surface area contributed by atoms with Crippen LogP contribution < -0.4 is 14.8 Å². The van der Waals surface area contributed by atoms with E-state index in [0.717, 1.165) is 22.3 Å². The van der Waals surface area contributed by atoms with E-state index in [9.17, 15) is 9.59 Å². The van der Waals surface area contributed by atoms with Crippen molar-refractivity contribution in [1.29, 1.82) is 0 Å². The number of amides is 1. The van der Waals surface area contributed by atoms with Crippen LogP contribution in [0.4, 0.5) is 0 Å². The zero-order valence-corrected chi connectivity index (χ0v) is 17.6. The summed E-state index contributed by atoms with van der Waals surface area (Å²) in [4.78, 5) is 24.1. The van der Waals surface area contributed by atoms with E-state index in [2.05, 4.69) is 5.32 Å². The molecular weight excluding hydrogens is 394 g/mol. The molecule has 0 saturated carbocycles. The van der Waals surface area contributed by atoms with Gasteiger partial charge >= 0.3 is 5.97 Å². The third kappa shape index (κ3) is 6.34. The van der Waals surface area contributed by atoms with E-state index in [0.29, 0.717) is 11.5 Å². The first kappa shape index (κ1) is 21.9. The molecule has 0 atom stereocenters. The molecular formula is C25H25NO5. The Morgan fingerprint density at radius 1 is 0.774 bits per heavy atom. The molecule has 31 heavy (non-hydrogen) atoms. The fourth-order valence-corrected chi connectivity index (χ4v) is 3.05. The van der Waals surface area contributed by atoms with Gasteiger partial charge in [-0.25, -0.2) is 0 Å². The maximum Gasteiger partial charge on any atom is 0.310 e. The molecule has 0 spiro atoms. The lowest BCUT2D eigenvalue weighted by Gasteiger charge is -2.10. The van der Waals surface area contributed by atoms with Crippen LogP contribution in [0.1, 0.15) is 11.1 Å². The van der Waals surface area contributed by atoms with Crippen LogP contribution in [0.25, 0.3) is 11.1 Å². The molecule has 6 heteroatoms. The van der Waals surface area contributed by atoms with E-state index in [1.54, 1.807) is 26.4 Å². The largest absolute Gasteiger partial charge is 0.493 e. The molecule has 3 rings (SSSR count). The fourth-order valence-electron chi connectivity index (χ4n) is 3.05. The van der Waals surface area contributed by atoms with Gasteiger partial charge in [0.05, 0.1) is 20.6 Å². The summed E-state index contributed by atoms with van der Waals surface area (Å²) in [5, 5.41) is 2.72. The highest BCUT2D eigenvalue weighted by molar-refractivity contribution is 5.81. The van der Waals surface area contributed by atoms with Crippen LogP contribution in [-0.4, -0.2) is 32.7 Å². The minimum Gasteiger partial charge on any atom is -0.493 e. The summed E-state index contributed by atoms with van der Waals surface area (Å²) in [5.74, 6) is 0.374. The van der Waals surface area contributed by atoms with Crippen LogP contribution in [-0.2, 0) is 27.3 Å². The smallest absolute Gasteiger partial charge is 0.310 e. The second-order valence-electron chi connectivity index (χ2n) is 6.87. The van der Waals surface area contributed by atoms with Crippen molar-refractivity contribution in [2.75, 3.05) is 20.8 Å². The van der Waals surface area contributed by atoms with E-state index >= 15 is 0 Å². The number of esters is 1. The topological polar surface area (TPSA) is 73.9 Å². The summed E-state index contributed by atoms with van der Waals surface area (Å²) in [5.41, 5.74) is 3.86. The van der Waals surface area contributed by atoms with Crippen molar-refractivity contribution in [2.24, 2.45) is 0 Å². The molecule has 0 aliphatic rings. The number of carbonyl (C=O) groups is 2. The minimum absolute atomic E-state index is 0.109. The summed E-state index contributed by atoms with van der Waals surface area (Å²) in [6.45, 7) is -0.0358. The van der Waals surface area contributed by atoms with Gasteiger partial charge in [0.25, 0.3) is 5.91 Å². The van der Waals surface area contributed by atoms with Gasteiger partial charge in [0.2, 0.25) is 0 Å². The summed E-state index contributed by atoms with van der Waals surface area (Å²) in [6.07, 6.45) is 0.109. The van der Waals surface area contributed by atoms with E-state index in [4.69, 9.17) is 14.2 Å². The molecule has 0 heterocycles. The van der Waals surface area contributed by atoms with E-state index < -0.39 is 5.97 Å². The predicted octanol–water partition coefficient (Wildman–Crippen LogP) is 3.77. The van der Waals surface area contributed by atoms with E-state index in [1.165, 1.54) is 0 Å². The Bertz CT molecular complexity index is 1020. The molecule has 3 aromatic rings. The van der Waals surface area contributed by atoms with Crippen LogP contribution in [0.15, 0.2) is 72.8 Å². The number of nitrogens with one attached hydrogen (secondary N) is 1. The van der Waals surface area contributed by atoms with Gasteiger partial charge in [-0.05, 0) is 34.4 Å². The molecule has 0 radical (unpaired) electrons. The second-order valence-corrected chi connectivity index (χ2v) is 6.87. The van der Waals surface area contributed by atoms with Gasteiger partial charge < -0.3 is 19.5 Å². The Morgan fingerprint density at radius 3 is 2.10 bits per heavy atom. The van der Waals surface area contributed by atoms with Crippen LogP contribution >= 0.6 is 0 Å². The van der Waals surface area contributed by atoms with Gasteiger partial charge in [-0.3, -0.25) is 9.59 Å². The van der Waals surface area contributed by atoms with Gasteiger partial charge in [0, 0.05) is 6.54 Å². The van der Waals surface area contributed by atoms with Crippen molar-refractivity contribution >= 4 is 11.9 Å². The predicted molar refractivity (Wildman–Crippen MR) is 118 cm³/mol. The number of benzene rings is 3. The maximum atomic E-state index is 12.1. The molecule has 0 saturated heterocycles. The Morgan fingerprint density at radius 2 is 1.42 bits per heavy atom. The normalized spacial score (nSPS) is 10.3. The molecule has 6 nitrogen and oxygen atoms in total. The Hall–Kier alpha value is -3.80. The quantitative estimate of drug-likeness (QED) is 0.535. The molecule has 160 valence electrons. The van der Waals surface area contributed by atoms with E-state index in [-0.39, 0.29) is 25.5 Å². The number of methoxy groups -OCH3 is 2. The number of hydrogen-bond acceptors (Lipinski definition) is 5. The van der Waals surface area contributed by atoms with Crippen molar-refractivity contribution in [1.82, 2.24) is 5.32 Å². The van der Waals surface area contributed by atoms with Crippen LogP contribution in [0.2, 0.25) is 0 Å². The Kier molecular flexibility index (Phi) is 7.65. The van der Waals surface area contributed by atoms with Crippen molar-refractivity contribution in [3.63, 3.8) is 0 Å². The van der Waals surface area contributed by atoms with E-state index in [1.807, 2.05) is 60.7 Å². The molecule has 0 bridgehead atoms. The van der Waals surface area contributed by atoms with Crippen molar-refractivity contribution in [2.45, 2.75) is 13.0 Å². The average Bonchev–Trinajstić information content (AvgIpc) is 2.82. The van der Waals surface area contributed by atoms with Gasteiger partial charge in [-0.1, -0.05) is 60.7 Å². The lowest BCUT2D eigenvalue weighted by molar-refractivity contribution is -0.147. The summed E-state index contributed by atoms with van der Waals surface area (Å²) >= 11 is 0. The van der Waals surface area contributed by atoms with Crippen molar-refractivity contribution in [3.05, 3.63) is 83.9 Å². The highest BCUT2D eigenvalue weighted by Crippen LogP contribution is 2.27. The lowest BCUT2D eigenvalue weighted by atomic mass is 10.0. The van der Waals surface area contributed by atoms with Crippen LogP contribution in [0.5, 0.6) is 11.5 Å². The molecule has 0 aliphatic heterocycles. The molecule has 0 aliphatic carbocycles. The minimum atomic E-state index is -0.450. The third-order valence-electron chi connectivity index (χ3n) is 4.71. The second kappa shape index (κ2) is 10.8. The van der Waals surface area contributed by atoms with Gasteiger partial charge in [-0.15, -0.1) is 0 Å². The number of ether oxygens (including phenoxy) is 3. The summed E-state index contributed by atoms with van der Waals surface area (Å²) in [7, 11) is 3.11. The number of rotatable bonds is 9.